The van der Waals surface area contributed by atoms with Crippen LogP contribution in [0.1, 0.15) is 18.4 Å². The molecule has 0 aliphatic heterocycles. The zero-order valence-electron chi connectivity index (χ0n) is 16.9. The molecular formula is C18H26IN5O4S2. The Bertz CT molecular complexity index is 965. The summed E-state index contributed by atoms with van der Waals surface area (Å²) < 4.78 is 23.2. The molecule has 9 nitrogen and oxygen atoms in total. The third kappa shape index (κ3) is 7.72. The van der Waals surface area contributed by atoms with E-state index in [-0.39, 0.29) is 40.2 Å². The molecule has 0 radical (unpaired) electrons. The van der Waals surface area contributed by atoms with Crippen molar-refractivity contribution in [3.05, 3.63) is 50.7 Å². The second-order valence-corrected chi connectivity index (χ2v) is 9.27. The van der Waals surface area contributed by atoms with Crippen LogP contribution in [0.3, 0.4) is 0 Å². The number of aliphatic imine (C=N–C) groups is 1. The lowest BCUT2D eigenvalue weighted by atomic mass is 10.1. The second kappa shape index (κ2) is 12.1. The highest BCUT2D eigenvalue weighted by Crippen LogP contribution is 2.27. The predicted octanol–water partition coefficient (Wildman–Crippen LogP) is 3.06. The monoisotopic (exact) mass is 567 g/mol. The Hall–Kier alpha value is -1.93. The first-order chi connectivity index (χ1) is 13.7. The summed E-state index contributed by atoms with van der Waals surface area (Å²) in [5.74, 6) is 0.977. The largest absolute Gasteiger partial charge is 0.378 e. The van der Waals surface area contributed by atoms with Gasteiger partial charge in [0.25, 0.3) is 5.69 Å². The van der Waals surface area contributed by atoms with Gasteiger partial charge in [0.05, 0.1) is 9.82 Å². The van der Waals surface area contributed by atoms with Crippen molar-refractivity contribution in [2.24, 2.45) is 4.99 Å². The molecule has 1 unspecified atom stereocenters. The van der Waals surface area contributed by atoms with Crippen LogP contribution in [-0.2, 0) is 9.84 Å². The van der Waals surface area contributed by atoms with Crippen LogP contribution in [0.5, 0.6) is 0 Å². The number of guanidine groups is 1. The number of nitrogens with one attached hydrogen (secondary N) is 3. The minimum absolute atomic E-state index is 0. The van der Waals surface area contributed by atoms with Gasteiger partial charge in [-0.15, -0.1) is 24.0 Å². The van der Waals surface area contributed by atoms with Crippen molar-refractivity contribution < 1.29 is 13.3 Å². The van der Waals surface area contributed by atoms with Gasteiger partial charge in [0.15, 0.2) is 15.8 Å². The Morgan fingerprint density at radius 3 is 2.57 bits per heavy atom. The summed E-state index contributed by atoms with van der Waals surface area (Å²) in [5.41, 5.74) is 1.25. The molecule has 3 N–H and O–H groups in total. The first-order valence-corrected chi connectivity index (χ1v) is 11.7. The Morgan fingerprint density at radius 2 is 2.00 bits per heavy atom. The number of hydrogen-bond donors (Lipinski definition) is 3. The van der Waals surface area contributed by atoms with Gasteiger partial charge in [-0.3, -0.25) is 15.1 Å². The quantitative estimate of drug-likeness (QED) is 0.106. The fourth-order valence-electron chi connectivity index (χ4n) is 2.56. The summed E-state index contributed by atoms with van der Waals surface area (Å²) in [5, 5.41) is 24.8. The lowest BCUT2D eigenvalue weighted by Gasteiger charge is -2.16. The normalized spacial score (nSPS) is 12.6. The minimum Gasteiger partial charge on any atom is -0.378 e. The fourth-order valence-corrected chi connectivity index (χ4v) is 3.99. The molecule has 0 saturated heterocycles. The lowest BCUT2D eigenvalue weighted by molar-refractivity contribution is -0.384. The summed E-state index contributed by atoms with van der Waals surface area (Å²) in [6, 6.07) is 5.92. The number of sulfone groups is 1. The smallest absolute Gasteiger partial charge is 0.293 e. The molecule has 1 atom stereocenters. The van der Waals surface area contributed by atoms with Crippen molar-refractivity contribution in [3.63, 3.8) is 0 Å². The molecule has 0 amide bonds. The van der Waals surface area contributed by atoms with Crippen LogP contribution in [-0.4, -0.2) is 52.2 Å². The molecule has 12 heteroatoms. The number of nitro benzene ring substituents is 1. The van der Waals surface area contributed by atoms with Crippen LogP contribution < -0.4 is 16.0 Å². The predicted molar refractivity (Wildman–Crippen MR) is 132 cm³/mol. The van der Waals surface area contributed by atoms with Gasteiger partial charge in [0, 0.05) is 39.0 Å². The number of nitrogens with zero attached hydrogens (tertiary/aromatic N) is 2. The molecular weight excluding hydrogens is 541 g/mol. The van der Waals surface area contributed by atoms with E-state index in [0.717, 1.165) is 18.9 Å². The van der Waals surface area contributed by atoms with Crippen molar-refractivity contribution in [2.75, 3.05) is 38.3 Å². The van der Waals surface area contributed by atoms with E-state index >= 15 is 0 Å². The zero-order chi connectivity index (χ0) is 21.4. The van der Waals surface area contributed by atoms with E-state index < -0.39 is 14.8 Å². The molecule has 30 heavy (non-hydrogen) atoms. The summed E-state index contributed by atoms with van der Waals surface area (Å²) in [6.45, 7) is 3.71. The van der Waals surface area contributed by atoms with Gasteiger partial charge in [-0.25, -0.2) is 8.42 Å². The van der Waals surface area contributed by atoms with Crippen LogP contribution >= 0.6 is 35.3 Å². The average molecular weight is 567 g/mol. The maximum atomic E-state index is 11.6. The van der Waals surface area contributed by atoms with Crippen molar-refractivity contribution in [1.29, 1.82) is 0 Å². The minimum atomic E-state index is -3.51. The third-order valence-corrected chi connectivity index (χ3v) is 6.05. The molecule has 0 spiro atoms. The molecule has 0 aliphatic carbocycles. The van der Waals surface area contributed by atoms with Crippen molar-refractivity contribution in [2.45, 2.75) is 17.7 Å². The van der Waals surface area contributed by atoms with Gasteiger partial charge in [0.1, 0.15) is 5.69 Å². The van der Waals surface area contributed by atoms with E-state index in [1.54, 1.807) is 18.4 Å². The van der Waals surface area contributed by atoms with E-state index in [0.29, 0.717) is 25.0 Å². The standard InChI is InChI=1S/C18H25N5O4S2.HI/c1-13(14-6-9-28-12-14)11-22-18(19-2)21-8-7-20-16-5-4-15(29(3,26)27)10-17(16)23(24)25;/h4-6,9-10,12-13,20H,7-8,11H2,1-3H3,(H2,19,21,22);1H. The second-order valence-electron chi connectivity index (χ2n) is 6.47. The summed E-state index contributed by atoms with van der Waals surface area (Å²) in [6.07, 6.45) is 1.01. The number of hydrogen-bond acceptors (Lipinski definition) is 7. The van der Waals surface area contributed by atoms with E-state index in [1.807, 2.05) is 5.38 Å². The SMILES string of the molecule is CN=C(NCCNc1ccc(S(C)(=O)=O)cc1[N+](=O)[O-])NCC(C)c1ccsc1.I. The van der Waals surface area contributed by atoms with E-state index in [4.69, 9.17) is 0 Å². The number of thiophene rings is 1. The van der Waals surface area contributed by atoms with Crippen LogP contribution in [0.2, 0.25) is 0 Å². The van der Waals surface area contributed by atoms with E-state index in [2.05, 4.69) is 39.3 Å². The summed E-state index contributed by atoms with van der Waals surface area (Å²) in [7, 11) is -1.84. The molecule has 1 aromatic heterocycles. The molecule has 1 aromatic carbocycles. The Balaban J connectivity index is 0.00000450. The van der Waals surface area contributed by atoms with E-state index in [9.17, 15) is 18.5 Å². The van der Waals surface area contributed by atoms with Crippen LogP contribution in [0.15, 0.2) is 44.9 Å². The maximum absolute atomic E-state index is 11.6. The molecule has 0 saturated carbocycles. The first kappa shape index (κ1) is 26.1. The number of benzene rings is 1. The van der Waals surface area contributed by atoms with Gasteiger partial charge >= 0.3 is 0 Å². The van der Waals surface area contributed by atoms with Crippen molar-refractivity contribution >= 4 is 62.5 Å². The van der Waals surface area contributed by atoms with Gasteiger partial charge in [0.2, 0.25) is 0 Å². The van der Waals surface area contributed by atoms with Crippen LogP contribution in [0.4, 0.5) is 11.4 Å². The molecule has 0 bridgehead atoms. The zero-order valence-corrected chi connectivity index (χ0v) is 20.9. The van der Waals surface area contributed by atoms with Crippen LogP contribution in [0.25, 0.3) is 0 Å². The lowest BCUT2D eigenvalue weighted by Crippen LogP contribution is -2.40. The highest BCUT2D eigenvalue weighted by molar-refractivity contribution is 14.0. The topological polar surface area (TPSA) is 126 Å². The van der Waals surface area contributed by atoms with Crippen molar-refractivity contribution in [1.82, 2.24) is 10.6 Å². The summed E-state index contributed by atoms with van der Waals surface area (Å²) in [4.78, 5) is 14.7. The number of nitro groups is 1. The summed E-state index contributed by atoms with van der Waals surface area (Å²) >= 11 is 1.66. The van der Waals surface area contributed by atoms with Gasteiger partial charge in [-0.05, 0) is 40.4 Å². The van der Waals surface area contributed by atoms with E-state index in [1.165, 1.54) is 17.7 Å². The average Bonchev–Trinajstić information content (AvgIpc) is 3.21. The Kier molecular flexibility index (Phi) is 10.5. The third-order valence-electron chi connectivity index (χ3n) is 4.24. The Labute approximate surface area is 197 Å². The molecule has 166 valence electrons. The number of rotatable bonds is 9. The molecule has 2 aromatic rings. The Morgan fingerprint density at radius 1 is 1.27 bits per heavy atom. The maximum Gasteiger partial charge on any atom is 0.293 e. The van der Waals surface area contributed by atoms with Gasteiger partial charge in [-0.1, -0.05) is 6.92 Å². The highest BCUT2D eigenvalue weighted by atomic mass is 127. The van der Waals surface area contributed by atoms with Gasteiger partial charge in [-0.2, -0.15) is 11.3 Å². The fraction of sp³-hybridized carbons (Fsp3) is 0.389. The van der Waals surface area contributed by atoms with Gasteiger partial charge < -0.3 is 16.0 Å². The molecule has 0 fully saturated rings. The van der Waals surface area contributed by atoms with Crippen LogP contribution in [0, 0.1) is 10.1 Å². The number of anilines is 1. The molecule has 0 aliphatic rings. The highest BCUT2D eigenvalue weighted by Gasteiger charge is 2.18. The molecule has 1 heterocycles. The van der Waals surface area contributed by atoms with Crippen molar-refractivity contribution in [3.8, 4) is 0 Å². The number of halogens is 1. The molecule has 2 rings (SSSR count). The first-order valence-electron chi connectivity index (χ1n) is 8.91.